The topological polar surface area (TPSA) is 69.6 Å². The van der Waals surface area contributed by atoms with Crippen molar-refractivity contribution in [3.63, 3.8) is 0 Å². The lowest BCUT2D eigenvalue weighted by Crippen LogP contribution is -2.32. The average Bonchev–Trinajstić information content (AvgIpc) is 2.64. The molecule has 2 aromatic carbocycles. The Kier molecular flexibility index (Phi) is 6.65. The number of hydrogen-bond donors (Lipinski definition) is 2. The van der Waals surface area contributed by atoms with Crippen LogP contribution in [-0.2, 0) is 23.0 Å². The van der Waals surface area contributed by atoms with Gasteiger partial charge in [0.25, 0.3) is 0 Å². The van der Waals surface area contributed by atoms with Crippen LogP contribution in [0.2, 0.25) is 10.0 Å². The molecule has 0 atom stereocenters. The molecule has 0 unspecified atom stereocenters. The quantitative estimate of drug-likeness (QED) is 0.657. The number of rotatable bonds is 7. The molecule has 0 aliphatic carbocycles. The maximum absolute atomic E-state index is 12.4. The zero-order chi connectivity index (χ0) is 19.4. The number of benzene rings is 2. The highest BCUT2D eigenvalue weighted by Gasteiger charge is 2.21. The van der Waals surface area contributed by atoms with Gasteiger partial charge in [0.05, 0.1) is 5.02 Å². The van der Waals surface area contributed by atoms with Crippen LogP contribution >= 0.6 is 23.2 Å². The Morgan fingerprint density at radius 2 is 1.85 bits per heavy atom. The second-order valence-corrected chi connectivity index (χ2v) is 9.21. The monoisotopic (exact) mass is 428 g/mol. The second kappa shape index (κ2) is 8.80. The number of nitrogens with one attached hydrogen (secondary N) is 1. The number of hydrogen-bond acceptors (Lipinski definition) is 4. The van der Waals surface area contributed by atoms with E-state index in [9.17, 15) is 13.5 Å². The standard InChI is InChI=1S/C19H22Cl2N2O3S/c20-16-11-17(21)19(24)18(12-16)27(25,26)22-8-3-4-9-23-10-7-14-5-1-2-6-15(14)13-23/h1-2,5-6,11-12,22,24H,3-4,7-10,13H2. The normalized spacial score (nSPS) is 14.9. The van der Waals surface area contributed by atoms with E-state index in [1.54, 1.807) is 0 Å². The van der Waals surface area contributed by atoms with Crippen molar-refractivity contribution in [3.8, 4) is 5.75 Å². The highest BCUT2D eigenvalue weighted by atomic mass is 35.5. The van der Waals surface area contributed by atoms with E-state index in [0.717, 1.165) is 32.5 Å². The molecule has 2 aromatic rings. The van der Waals surface area contributed by atoms with Gasteiger partial charge in [0.1, 0.15) is 4.90 Å². The maximum Gasteiger partial charge on any atom is 0.244 e. The summed E-state index contributed by atoms with van der Waals surface area (Å²) in [7, 11) is -3.86. The molecule has 5 nitrogen and oxygen atoms in total. The molecule has 0 saturated heterocycles. The maximum atomic E-state index is 12.4. The first-order valence-electron chi connectivity index (χ1n) is 8.83. The number of fused-ring (bicyclic) bond motifs is 1. The number of aromatic hydroxyl groups is 1. The van der Waals surface area contributed by atoms with Gasteiger partial charge < -0.3 is 5.11 Å². The first-order valence-corrected chi connectivity index (χ1v) is 11.1. The van der Waals surface area contributed by atoms with Crippen LogP contribution in [0.1, 0.15) is 24.0 Å². The lowest BCUT2D eigenvalue weighted by Gasteiger charge is -2.28. The van der Waals surface area contributed by atoms with Crippen LogP contribution in [0, 0.1) is 0 Å². The van der Waals surface area contributed by atoms with Crippen molar-refractivity contribution < 1.29 is 13.5 Å². The third-order valence-electron chi connectivity index (χ3n) is 4.69. The summed E-state index contributed by atoms with van der Waals surface area (Å²) in [6.07, 6.45) is 2.64. The molecule has 0 spiro atoms. The van der Waals surface area contributed by atoms with E-state index in [-0.39, 0.29) is 21.5 Å². The Morgan fingerprint density at radius 3 is 2.63 bits per heavy atom. The molecule has 0 fully saturated rings. The number of sulfonamides is 1. The minimum atomic E-state index is -3.86. The summed E-state index contributed by atoms with van der Waals surface area (Å²) in [5.41, 5.74) is 2.79. The van der Waals surface area contributed by atoms with Gasteiger partial charge in [-0.05, 0) is 49.1 Å². The van der Waals surface area contributed by atoms with Gasteiger partial charge >= 0.3 is 0 Å². The molecule has 146 valence electrons. The fourth-order valence-corrected chi connectivity index (χ4v) is 5.07. The van der Waals surface area contributed by atoms with Crippen molar-refractivity contribution >= 4 is 33.2 Å². The van der Waals surface area contributed by atoms with Crippen molar-refractivity contribution in [1.82, 2.24) is 9.62 Å². The van der Waals surface area contributed by atoms with Crippen LogP contribution in [0.25, 0.3) is 0 Å². The van der Waals surface area contributed by atoms with Crippen LogP contribution in [0.4, 0.5) is 0 Å². The van der Waals surface area contributed by atoms with Crippen molar-refractivity contribution in [2.45, 2.75) is 30.7 Å². The van der Waals surface area contributed by atoms with E-state index >= 15 is 0 Å². The molecule has 0 radical (unpaired) electrons. The van der Waals surface area contributed by atoms with Gasteiger partial charge in [0.15, 0.2) is 5.75 Å². The molecule has 0 aromatic heterocycles. The Labute approximate surface area is 170 Å². The predicted molar refractivity (Wildman–Crippen MR) is 108 cm³/mol. The Hall–Kier alpha value is -1.31. The fraction of sp³-hybridized carbons (Fsp3) is 0.368. The van der Waals surface area contributed by atoms with Crippen molar-refractivity contribution in [2.75, 3.05) is 19.6 Å². The molecule has 8 heteroatoms. The molecule has 1 heterocycles. The van der Waals surface area contributed by atoms with Crippen LogP contribution in [0.3, 0.4) is 0 Å². The van der Waals surface area contributed by atoms with E-state index in [4.69, 9.17) is 23.2 Å². The fourth-order valence-electron chi connectivity index (χ4n) is 3.24. The van der Waals surface area contributed by atoms with E-state index in [1.807, 2.05) is 0 Å². The summed E-state index contributed by atoms with van der Waals surface area (Å²) in [6.45, 7) is 3.18. The zero-order valence-corrected chi connectivity index (χ0v) is 17.1. The molecule has 27 heavy (non-hydrogen) atoms. The second-order valence-electron chi connectivity index (χ2n) is 6.63. The molecule has 1 aliphatic rings. The number of phenols is 1. The smallest absolute Gasteiger partial charge is 0.244 e. The van der Waals surface area contributed by atoms with Crippen LogP contribution < -0.4 is 4.72 Å². The first kappa shape index (κ1) is 20.4. The third-order valence-corrected chi connectivity index (χ3v) is 6.67. The summed E-state index contributed by atoms with van der Waals surface area (Å²) in [6, 6.07) is 11.0. The lowest BCUT2D eigenvalue weighted by atomic mass is 10.00. The Morgan fingerprint density at radius 1 is 1.11 bits per heavy atom. The summed E-state index contributed by atoms with van der Waals surface area (Å²) >= 11 is 11.6. The van der Waals surface area contributed by atoms with E-state index in [0.29, 0.717) is 6.42 Å². The number of unbranched alkanes of at least 4 members (excludes halogenated alkanes) is 1. The largest absolute Gasteiger partial charge is 0.505 e. The van der Waals surface area contributed by atoms with E-state index in [1.165, 1.54) is 23.3 Å². The minimum absolute atomic E-state index is 0.0896. The van der Waals surface area contributed by atoms with Crippen LogP contribution in [0.5, 0.6) is 5.75 Å². The number of halogens is 2. The van der Waals surface area contributed by atoms with Gasteiger partial charge in [0, 0.05) is 24.7 Å². The number of phenolic OH excluding ortho intramolecular Hbond substituents is 1. The van der Waals surface area contributed by atoms with E-state index in [2.05, 4.69) is 33.9 Å². The predicted octanol–water partition coefficient (Wildman–Crippen LogP) is 3.82. The highest BCUT2D eigenvalue weighted by molar-refractivity contribution is 7.89. The summed E-state index contributed by atoms with van der Waals surface area (Å²) < 4.78 is 27.2. The SMILES string of the molecule is O=S(=O)(NCCCCN1CCc2ccccc2C1)c1cc(Cl)cc(Cl)c1O. The van der Waals surface area contributed by atoms with E-state index < -0.39 is 15.8 Å². The summed E-state index contributed by atoms with van der Waals surface area (Å²) in [5.74, 6) is -0.486. The minimum Gasteiger partial charge on any atom is -0.505 e. The van der Waals surface area contributed by atoms with Gasteiger partial charge in [-0.15, -0.1) is 0 Å². The summed E-state index contributed by atoms with van der Waals surface area (Å²) in [5, 5.41) is 9.96. The number of nitrogens with zero attached hydrogens (tertiary/aromatic N) is 1. The van der Waals surface area contributed by atoms with Gasteiger partial charge in [-0.3, -0.25) is 4.90 Å². The van der Waals surface area contributed by atoms with Crippen LogP contribution in [0.15, 0.2) is 41.3 Å². The van der Waals surface area contributed by atoms with Crippen LogP contribution in [-0.4, -0.2) is 38.1 Å². The molecule has 1 aliphatic heterocycles. The van der Waals surface area contributed by atoms with Gasteiger partial charge in [0.2, 0.25) is 10.0 Å². The van der Waals surface area contributed by atoms with Gasteiger partial charge in [-0.25, -0.2) is 13.1 Å². The first-order chi connectivity index (χ1) is 12.9. The Balaban J connectivity index is 1.47. The molecule has 0 saturated carbocycles. The van der Waals surface area contributed by atoms with Crippen molar-refractivity contribution in [2.24, 2.45) is 0 Å². The molecule has 0 amide bonds. The molecule has 0 bridgehead atoms. The zero-order valence-electron chi connectivity index (χ0n) is 14.8. The van der Waals surface area contributed by atoms with Gasteiger partial charge in [-0.1, -0.05) is 47.5 Å². The highest BCUT2D eigenvalue weighted by Crippen LogP contribution is 2.33. The third kappa shape index (κ3) is 5.15. The van der Waals surface area contributed by atoms with Crippen molar-refractivity contribution in [1.29, 1.82) is 0 Å². The molecular weight excluding hydrogens is 407 g/mol. The van der Waals surface area contributed by atoms with Crippen molar-refractivity contribution in [3.05, 3.63) is 57.6 Å². The molecule has 2 N–H and O–H groups in total. The molecular formula is C19H22Cl2N2O3S. The summed E-state index contributed by atoms with van der Waals surface area (Å²) in [4.78, 5) is 2.09. The lowest BCUT2D eigenvalue weighted by molar-refractivity contribution is 0.249. The molecule has 3 rings (SSSR count). The van der Waals surface area contributed by atoms with Gasteiger partial charge in [-0.2, -0.15) is 0 Å². The average molecular weight is 429 g/mol. The Bertz CT molecular complexity index is 919.